The van der Waals surface area contributed by atoms with Crippen LogP contribution < -0.4 is 5.32 Å². The summed E-state index contributed by atoms with van der Waals surface area (Å²) in [5, 5.41) is 3.37. The van der Waals surface area contributed by atoms with Crippen LogP contribution in [-0.2, 0) is 4.79 Å². The molecule has 2 atom stereocenters. The molecular formula is C16H32N4O. The highest BCUT2D eigenvalue weighted by Crippen LogP contribution is 2.22. The maximum Gasteiger partial charge on any atom is 0.237 e. The average Bonchev–Trinajstić information content (AvgIpc) is 2.46. The first-order valence-electron chi connectivity index (χ1n) is 8.50. The number of carbonyl (C=O) groups excluding carboxylic acids is 1. The highest BCUT2D eigenvalue weighted by atomic mass is 16.2. The van der Waals surface area contributed by atoms with E-state index >= 15 is 0 Å². The van der Waals surface area contributed by atoms with Gasteiger partial charge in [-0.25, -0.2) is 0 Å². The number of nitrogens with one attached hydrogen (secondary N) is 1. The molecule has 0 aromatic carbocycles. The van der Waals surface area contributed by atoms with Crippen LogP contribution >= 0.6 is 0 Å². The van der Waals surface area contributed by atoms with Crippen molar-refractivity contribution in [2.24, 2.45) is 0 Å². The van der Waals surface area contributed by atoms with E-state index in [0.29, 0.717) is 24.5 Å². The summed E-state index contributed by atoms with van der Waals surface area (Å²) in [4.78, 5) is 19.3. The molecular weight excluding hydrogens is 264 g/mol. The first-order chi connectivity index (χ1) is 10.1. The van der Waals surface area contributed by atoms with Gasteiger partial charge in [-0.05, 0) is 40.2 Å². The summed E-state index contributed by atoms with van der Waals surface area (Å²) in [6.45, 7) is 11.4. The van der Waals surface area contributed by atoms with Gasteiger partial charge >= 0.3 is 0 Å². The van der Waals surface area contributed by atoms with Crippen LogP contribution in [0.2, 0.25) is 0 Å². The molecule has 0 aliphatic carbocycles. The van der Waals surface area contributed by atoms with Crippen molar-refractivity contribution in [1.29, 1.82) is 0 Å². The Balaban J connectivity index is 1.73. The Morgan fingerprint density at radius 1 is 1.19 bits per heavy atom. The minimum atomic E-state index is 0.303. The molecule has 0 aromatic rings. The lowest BCUT2D eigenvalue weighted by Gasteiger charge is -2.40. The standard InChI is InChI=1S/C16H32N4O/c1-14-5-4-6-15(2)20(14)16(21)13-18(3)11-12-19-9-7-17-8-10-19/h14-15,17H,4-13H2,1-3H3. The second-order valence-electron chi connectivity index (χ2n) is 6.76. The molecule has 2 heterocycles. The van der Waals surface area contributed by atoms with Gasteiger partial charge in [-0.15, -0.1) is 0 Å². The molecule has 2 rings (SSSR count). The molecule has 5 heteroatoms. The van der Waals surface area contributed by atoms with Crippen LogP contribution in [0.4, 0.5) is 0 Å². The summed E-state index contributed by atoms with van der Waals surface area (Å²) in [5.41, 5.74) is 0. The molecule has 2 aliphatic rings. The van der Waals surface area contributed by atoms with E-state index in [4.69, 9.17) is 0 Å². The molecule has 1 N–H and O–H groups in total. The zero-order valence-electron chi connectivity index (χ0n) is 14.0. The number of carbonyl (C=O) groups is 1. The molecule has 0 aromatic heterocycles. The topological polar surface area (TPSA) is 38.8 Å². The van der Waals surface area contributed by atoms with Crippen molar-refractivity contribution in [3.05, 3.63) is 0 Å². The molecule has 21 heavy (non-hydrogen) atoms. The van der Waals surface area contributed by atoms with E-state index < -0.39 is 0 Å². The molecule has 2 aliphatic heterocycles. The molecule has 122 valence electrons. The third-order valence-electron chi connectivity index (χ3n) is 4.89. The highest BCUT2D eigenvalue weighted by molar-refractivity contribution is 5.79. The van der Waals surface area contributed by atoms with Crippen LogP contribution in [0.25, 0.3) is 0 Å². The first-order valence-corrected chi connectivity index (χ1v) is 8.50. The van der Waals surface area contributed by atoms with Crippen LogP contribution in [0.5, 0.6) is 0 Å². The molecule has 5 nitrogen and oxygen atoms in total. The lowest BCUT2D eigenvalue weighted by molar-refractivity contribution is -0.138. The van der Waals surface area contributed by atoms with E-state index in [9.17, 15) is 4.79 Å². The minimum absolute atomic E-state index is 0.303. The largest absolute Gasteiger partial charge is 0.336 e. The van der Waals surface area contributed by atoms with Gasteiger partial charge in [0, 0.05) is 51.4 Å². The molecule has 1 amide bonds. The van der Waals surface area contributed by atoms with Gasteiger partial charge in [0.05, 0.1) is 6.54 Å². The number of hydrogen-bond acceptors (Lipinski definition) is 4. The fraction of sp³-hybridized carbons (Fsp3) is 0.938. The number of amides is 1. The van der Waals surface area contributed by atoms with E-state index in [2.05, 4.69) is 40.9 Å². The molecule has 2 saturated heterocycles. The Bertz CT molecular complexity index is 320. The number of rotatable bonds is 5. The molecule has 0 spiro atoms. The third-order valence-corrected chi connectivity index (χ3v) is 4.89. The van der Waals surface area contributed by atoms with Crippen LogP contribution in [-0.4, -0.2) is 85.6 Å². The lowest BCUT2D eigenvalue weighted by atomic mass is 9.97. The summed E-state index contributed by atoms with van der Waals surface area (Å²) in [5.74, 6) is 0.303. The van der Waals surface area contributed by atoms with Gasteiger partial charge in [-0.3, -0.25) is 14.6 Å². The Hall–Kier alpha value is -0.650. The number of likely N-dealkylation sites (tertiary alicyclic amines) is 1. The van der Waals surface area contributed by atoms with E-state index in [-0.39, 0.29) is 0 Å². The minimum Gasteiger partial charge on any atom is -0.336 e. The number of piperidine rings is 1. The molecule has 2 fully saturated rings. The average molecular weight is 296 g/mol. The zero-order chi connectivity index (χ0) is 15.2. The predicted octanol–water partition coefficient (Wildman–Crippen LogP) is 0.613. The molecule has 2 unspecified atom stereocenters. The van der Waals surface area contributed by atoms with Crippen molar-refractivity contribution in [2.45, 2.75) is 45.2 Å². The van der Waals surface area contributed by atoms with Crippen LogP contribution in [0.15, 0.2) is 0 Å². The molecule has 0 bridgehead atoms. The van der Waals surface area contributed by atoms with E-state index in [1.807, 2.05) is 0 Å². The summed E-state index contributed by atoms with van der Waals surface area (Å²) in [6.07, 6.45) is 3.56. The van der Waals surface area contributed by atoms with E-state index in [1.54, 1.807) is 0 Å². The highest BCUT2D eigenvalue weighted by Gasteiger charge is 2.29. The Morgan fingerprint density at radius 3 is 2.43 bits per heavy atom. The normalized spacial score (nSPS) is 28.1. The summed E-state index contributed by atoms with van der Waals surface area (Å²) < 4.78 is 0. The van der Waals surface area contributed by atoms with E-state index in [0.717, 1.165) is 52.1 Å². The summed E-state index contributed by atoms with van der Waals surface area (Å²) in [7, 11) is 2.07. The quantitative estimate of drug-likeness (QED) is 0.807. The van der Waals surface area contributed by atoms with Crippen molar-refractivity contribution >= 4 is 5.91 Å². The molecule has 0 saturated carbocycles. The van der Waals surface area contributed by atoms with Gasteiger partial charge in [0.25, 0.3) is 0 Å². The predicted molar refractivity (Wildman–Crippen MR) is 86.4 cm³/mol. The monoisotopic (exact) mass is 296 g/mol. The fourth-order valence-electron chi connectivity index (χ4n) is 3.55. The van der Waals surface area contributed by atoms with Gasteiger partial charge in [-0.2, -0.15) is 0 Å². The lowest BCUT2D eigenvalue weighted by Crippen LogP contribution is -2.51. The van der Waals surface area contributed by atoms with Crippen molar-refractivity contribution in [2.75, 3.05) is 52.9 Å². The number of nitrogens with zero attached hydrogens (tertiary/aromatic N) is 3. The maximum absolute atomic E-state index is 12.5. The summed E-state index contributed by atoms with van der Waals surface area (Å²) in [6, 6.07) is 0.811. The smallest absolute Gasteiger partial charge is 0.237 e. The Morgan fingerprint density at radius 2 is 1.81 bits per heavy atom. The first kappa shape index (κ1) is 16.7. The van der Waals surface area contributed by atoms with Crippen LogP contribution in [0.3, 0.4) is 0 Å². The second kappa shape index (κ2) is 8.11. The maximum atomic E-state index is 12.5. The number of likely N-dealkylation sites (N-methyl/N-ethyl adjacent to an activating group) is 1. The zero-order valence-corrected chi connectivity index (χ0v) is 14.0. The molecule has 0 radical (unpaired) electrons. The third kappa shape index (κ3) is 4.94. The van der Waals surface area contributed by atoms with Gasteiger partial charge in [-0.1, -0.05) is 0 Å². The van der Waals surface area contributed by atoms with E-state index in [1.165, 1.54) is 6.42 Å². The van der Waals surface area contributed by atoms with Crippen molar-refractivity contribution in [3.63, 3.8) is 0 Å². The van der Waals surface area contributed by atoms with Gasteiger partial charge in [0.1, 0.15) is 0 Å². The summed E-state index contributed by atoms with van der Waals surface area (Å²) >= 11 is 0. The Labute approximate surface area is 129 Å². The van der Waals surface area contributed by atoms with Crippen molar-refractivity contribution in [3.8, 4) is 0 Å². The number of piperazine rings is 1. The van der Waals surface area contributed by atoms with Crippen LogP contribution in [0, 0.1) is 0 Å². The van der Waals surface area contributed by atoms with Crippen LogP contribution in [0.1, 0.15) is 33.1 Å². The van der Waals surface area contributed by atoms with Gasteiger partial charge < -0.3 is 10.2 Å². The SMILES string of the molecule is CC1CCCC(C)N1C(=O)CN(C)CCN1CCNCC1. The van der Waals surface area contributed by atoms with Gasteiger partial charge in [0.2, 0.25) is 5.91 Å². The van der Waals surface area contributed by atoms with Crippen molar-refractivity contribution in [1.82, 2.24) is 20.0 Å². The second-order valence-corrected chi connectivity index (χ2v) is 6.76. The number of hydrogen-bond donors (Lipinski definition) is 1. The van der Waals surface area contributed by atoms with Crippen molar-refractivity contribution < 1.29 is 4.79 Å². The Kier molecular flexibility index (Phi) is 6.45. The van der Waals surface area contributed by atoms with Gasteiger partial charge in [0.15, 0.2) is 0 Å². The fourth-order valence-corrected chi connectivity index (χ4v) is 3.55.